The van der Waals surface area contributed by atoms with E-state index in [1.54, 1.807) is 7.11 Å². The van der Waals surface area contributed by atoms with Gasteiger partial charge in [0.2, 0.25) is 0 Å². The van der Waals surface area contributed by atoms with Crippen LogP contribution in [0, 0.1) is 0 Å². The Balaban J connectivity index is 1.59. The van der Waals surface area contributed by atoms with Crippen LogP contribution >= 0.6 is 0 Å². The minimum Gasteiger partial charge on any atom is -0.493 e. The van der Waals surface area contributed by atoms with Crippen molar-refractivity contribution in [3.63, 3.8) is 0 Å². The number of aromatic nitrogens is 3. The van der Waals surface area contributed by atoms with E-state index in [0.717, 1.165) is 55.0 Å². The Morgan fingerprint density at radius 3 is 2.73 bits per heavy atom. The van der Waals surface area contributed by atoms with E-state index in [-0.39, 0.29) is 12.1 Å². The van der Waals surface area contributed by atoms with E-state index in [1.807, 2.05) is 35.9 Å². The van der Waals surface area contributed by atoms with Crippen molar-refractivity contribution in [3.8, 4) is 11.5 Å². The molecule has 2 N–H and O–H groups in total. The summed E-state index contributed by atoms with van der Waals surface area (Å²) in [7, 11) is 1.65. The molecule has 1 aromatic heterocycles. The van der Waals surface area contributed by atoms with Crippen LogP contribution < -0.4 is 20.1 Å². The first kappa shape index (κ1) is 21.9. The van der Waals surface area contributed by atoms with E-state index < -0.39 is 0 Å². The van der Waals surface area contributed by atoms with Crippen molar-refractivity contribution in [2.75, 3.05) is 20.2 Å². The van der Waals surface area contributed by atoms with Crippen LogP contribution in [0.3, 0.4) is 0 Å². The fourth-order valence-electron chi connectivity index (χ4n) is 3.39. The minimum atomic E-state index is -0.0846. The summed E-state index contributed by atoms with van der Waals surface area (Å²) in [6, 6.07) is 7.93. The summed E-state index contributed by atoms with van der Waals surface area (Å²) in [5.74, 6) is 4.60. The van der Waals surface area contributed by atoms with Gasteiger partial charge < -0.3 is 20.1 Å². The number of para-hydroxylation sites is 2. The Morgan fingerprint density at radius 1 is 1.27 bits per heavy atom. The summed E-state index contributed by atoms with van der Waals surface area (Å²) >= 11 is 0. The molecule has 8 heteroatoms. The molecule has 2 heterocycles. The summed E-state index contributed by atoms with van der Waals surface area (Å²) in [5, 5.41) is 11.5. The zero-order chi connectivity index (χ0) is 21.5. The molecular formula is C22H34N6O2. The standard InChI is InChI=1S/C22H34N6O2/c1-6-23-22(24-13-16(4)30-19-10-8-7-9-18(19)29-5)25-17-11-12-20-26-21(15(2)3)27-28(20)14-17/h7-10,15-17H,6,11-14H2,1-5H3,(H2,23,24,25). The van der Waals surface area contributed by atoms with Gasteiger partial charge in [-0.3, -0.25) is 0 Å². The fraction of sp³-hybridized carbons (Fsp3) is 0.591. The van der Waals surface area contributed by atoms with Crippen LogP contribution in [-0.2, 0) is 13.0 Å². The topological polar surface area (TPSA) is 85.6 Å². The number of methoxy groups -OCH3 is 1. The van der Waals surface area contributed by atoms with Gasteiger partial charge in [-0.2, -0.15) is 5.10 Å². The lowest BCUT2D eigenvalue weighted by Gasteiger charge is -2.25. The number of rotatable bonds is 8. The van der Waals surface area contributed by atoms with Crippen molar-refractivity contribution < 1.29 is 9.47 Å². The predicted octanol–water partition coefficient (Wildman–Crippen LogP) is 2.75. The highest BCUT2D eigenvalue weighted by Crippen LogP contribution is 2.26. The molecule has 0 fully saturated rings. The van der Waals surface area contributed by atoms with E-state index in [9.17, 15) is 0 Å². The maximum absolute atomic E-state index is 6.02. The number of ether oxygens (including phenoxy) is 2. The lowest BCUT2D eigenvalue weighted by atomic mass is 10.1. The van der Waals surface area contributed by atoms with Gasteiger partial charge in [-0.25, -0.2) is 14.7 Å². The molecule has 0 radical (unpaired) electrons. The first-order valence-electron chi connectivity index (χ1n) is 10.8. The Kier molecular flexibility index (Phi) is 7.54. The van der Waals surface area contributed by atoms with Crippen molar-refractivity contribution in [1.82, 2.24) is 25.4 Å². The second-order valence-corrected chi connectivity index (χ2v) is 7.90. The SMILES string of the molecule is CCNC(=NCC(C)Oc1ccccc1OC)NC1CCc2nc(C(C)C)nn2C1. The van der Waals surface area contributed by atoms with Crippen molar-refractivity contribution in [2.45, 2.75) is 65.1 Å². The van der Waals surface area contributed by atoms with E-state index in [1.165, 1.54) is 0 Å². The van der Waals surface area contributed by atoms with E-state index in [0.29, 0.717) is 12.5 Å². The van der Waals surface area contributed by atoms with Gasteiger partial charge in [-0.05, 0) is 32.4 Å². The smallest absolute Gasteiger partial charge is 0.191 e. The highest BCUT2D eigenvalue weighted by Gasteiger charge is 2.23. The van der Waals surface area contributed by atoms with E-state index in [4.69, 9.17) is 14.5 Å². The normalized spacial score (nSPS) is 17.4. The van der Waals surface area contributed by atoms with Crippen LogP contribution in [0.2, 0.25) is 0 Å². The van der Waals surface area contributed by atoms with Crippen LogP contribution in [-0.4, -0.2) is 53.1 Å². The average Bonchev–Trinajstić information content (AvgIpc) is 3.16. The van der Waals surface area contributed by atoms with Crippen molar-refractivity contribution >= 4 is 5.96 Å². The molecule has 1 aromatic carbocycles. The average molecular weight is 415 g/mol. The zero-order valence-electron chi connectivity index (χ0n) is 18.7. The summed E-state index contributed by atoms with van der Waals surface area (Å²) in [5.41, 5.74) is 0. The molecule has 1 aliphatic rings. The second kappa shape index (κ2) is 10.3. The molecule has 30 heavy (non-hydrogen) atoms. The Morgan fingerprint density at radius 2 is 2.03 bits per heavy atom. The molecule has 2 unspecified atom stereocenters. The molecule has 2 atom stereocenters. The van der Waals surface area contributed by atoms with Crippen LogP contribution in [0.5, 0.6) is 11.5 Å². The molecule has 0 saturated carbocycles. The zero-order valence-corrected chi connectivity index (χ0v) is 18.7. The van der Waals surface area contributed by atoms with Crippen LogP contribution in [0.25, 0.3) is 0 Å². The number of hydrogen-bond donors (Lipinski definition) is 2. The van der Waals surface area contributed by atoms with E-state index >= 15 is 0 Å². The lowest BCUT2D eigenvalue weighted by molar-refractivity contribution is 0.219. The van der Waals surface area contributed by atoms with Crippen molar-refractivity contribution in [2.24, 2.45) is 4.99 Å². The van der Waals surface area contributed by atoms with Gasteiger partial charge >= 0.3 is 0 Å². The third kappa shape index (κ3) is 5.64. The van der Waals surface area contributed by atoms with Crippen LogP contribution in [0.15, 0.2) is 29.3 Å². The molecule has 0 saturated heterocycles. The number of nitrogens with zero attached hydrogens (tertiary/aromatic N) is 4. The molecule has 3 rings (SSSR count). The Hall–Kier alpha value is -2.77. The lowest BCUT2D eigenvalue weighted by Crippen LogP contribution is -2.47. The summed E-state index contributed by atoms with van der Waals surface area (Å²) < 4.78 is 13.4. The molecule has 2 aromatic rings. The molecule has 0 aliphatic carbocycles. The highest BCUT2D eigenvalue weighted by atomic mass is 16.5. The number of aliphatic imine (C=N–C) groups is 1. The molecule has 1 aliphatic heterocycles. The number of nitrogens with one attached hydrogen (secondary N) is 2. The molecule has 0 amide bonds. The van der Waals surface area contributed by atoms with Gasteiger partial charge in [0.25, 0.3) is 0 Å². The van der Waals surface area contributed by atoms with Crippen LogP contribution in [0.4, 0.5) is 0 Å². The summed E-state index contributed by atoms with van der Waals surface area (Å²) in [6.07, 6.45) is 1.84. The highest BCUT2D eigenvalue weighted by molar-refractivity contribution is 5.80. The molecule has 164 valence electrons. The second-order valence-electron chi connectivity index (χ2n) is 7.90. The molecule has 8 nitrogen and oxygen atoms in total. The Labute approximate surface area is 179 Å². The largest absolute Gasteiger partial charge is 0.493 e. The predicted molar refractivity (Wildman–Crippen MR) is 118 cm³/mol. The van der Waals surface area contributed by atoms with Gasteiger partial charge in [0.1, 0.15) is 11.9 Å². The molecule has 0 bridgehead atoms. The monoisotopic (exact) mass is 414 g/mol. The van der Waals surface area contributed by atoms with Gasteiger partial charge in [0, 0.05) is 24.9 Å². The first-order valence-corrected chi connectivity index (χ1v) is 10.8. The van der Waals surface area contributed by atoms with Crippen LogP contribution in [0.1, 0.15) is 51.7 Å². The number of guanidine groups is 1. The van der Waals surface area contributed by atoms with Gasteiger partial charge in [0.05, 0.1) is 20.2 Å². The fourth-order valence-corrected chi connectivity index (χ4v) is 3.39. The van der Waals surface area contributed by atoms with Gasteiger partial charge in [-0.15, -0.1) is 0 Å². The Bertz CT molecular complexity index is 848. The number of benzene rings is 1. The number of hydrogen-bond acceptors (Lipinski definition) is 5. The third-order valence-corrected chi connectivity index (χ3v) is 4.98. The van der Waals surface area contributed by atoms with Crippen molar-refractivity contribution in [1.29, 1.82) is 0 Å². The van der Waals surface area contributed by atoms with E-state index in [2.05, 4.69) is 41.5 Å². The molecular weight excluding hydrogens is 380 g/mol. The first-order chi connectivity index (χ1) is 14.5. The number of aryl methyl sites for hydroxylation is 1. The quantitative estimate of drug-likeness (QED) is 0.510. The third-order valence-electron chi connectivity index (χ3n) is 4.98. The maximum Gasteiger partial charge on any atom is 0.191 e. The number of fused-ring (bicyclic) bond motifs is 1. The minimum absolute atomic E-state index is 0.0846. The maximum atomic E-state index is 6.02. The van der Waals surface area contributed by atoms with Gasteiger partial charge in [-0.1, -0.05) is 26.0 Å². The summed E-state index contributed by atoms with van der Waals surface area (Å²) in [6.45, 7) is 10.5. The molecule has 0 spiro atoms. The van der Waals surface area contributed by atoms with Gasteiger partial charge in [0.15, 0.2) is 23.3 Å². The van der Waals surface area contributed by atoms with Crippen molar-refractivity contribution in [3.05, 3.63) is 35.9 Å². The summed E-state index contributed by atoms with van der Waals surface area (Å²) in [4.78, 5) is 9.40.